The monoisotopic (exact) mass is 608 g/mol. The van der Waals surface area contributed by atoms with E-state index in [1.54, 1.807) is 0 Å². The van der Waals surface area contributed by atoms with Gasteiger partial charge in [-0.1, -0.05) is 22.6 Å². The third-order valence-electron chi connectivity index (χ3n) is 3.74. The third kappa shape index (κ3) is 25.7. The number of carboxylic acid groups (broad SMARTS) is 1. The first-order valence-electron chi connectivity index (χ1n) is 11.1. The number of alkyl halides is 1. The lowest BCUT2D eigenvalue weighted by Gasteiger charge is -2.08. The van der Waals surface area contributed by atoms with E-state index in [0.717, 1.165) is 11.0 Å². The Morgan fingerprint density at radius 3 is 1.15 bits per heavy atom. The molecule has 1 N–H and O–H groups in total. The van der Waals surface area contributed by atoms with E-state index in [2.05, 4.69) is 22.6 Å². The molecule has 0 aliphatic rings. The molecule has 0 unspecified atom stereocenters. The lowest BCUT2D eigenvalue weighted by Crippen LogP contribution is -2.17. The fourth-order valence-corrected chi connectivity index (χ4v) is 2.40. The average Bonchev–Trinajstić information content (AvgIpc) is 2.82. The van der Waals surface area contributed by atoms with Gasteiger partial charge in [0.05, 0.1) is 98.9 Å². The molecule has 0 bridgehead atoms. The highest BCUT2D eigenvalue weighted by Gasteiger charge is 2.14. The predicted molar refractivity (Wildman–Crippen MR) is 127 cm³/mol. The summed E-state index contributed by atoms with van der Waals surface area (Å²) < 4.78 is 43.2. The van der Waals surface area contributed by atoms with Crippen molar-refractivity contribution in [1.29, 1.82) is 0 Å². The Labute approximate surface area is 213 Å². The zero-order valence-electron chi connectivity index (χ0n) is 19.5. The van der Waals surface area contributed by atoms with Crippen molar-refractivity contribution in [3.63, 3.8) is 0 Å². The van der Waals surface area contributed by atoms with Crippen LogP contribution in [0.3, 0.4) is 0 Å². The molecule has 0 aliphatic heterocycles. The van der Waals surface area contributed by atoms with Crippen LogP contribution in [0.5, 0.6) is 0 Å². The van der Waals surface area contributed by atoms with Gasteiger partial charge < -0.3 is 43.0 Å². The van der Waals surface area contributed by atoms with Crippen LogP contribution >= 0.6 is 22.6 Å². The van der Waals surface area contributed by atoms with E-state index >= 15 is 0 Å². The van der Waals surface area contributed by atoms with Gasteiger partial charge in [0.1, 0.15) is 6.61 Å². The first-order chi connectivity index (χ1) is 16.6. The number of esters is 1. The second kappa shape index (κ2) is 26.7. The van der Waals surface area contributed by atoms with Gasteiger partial charge in [-0.3, -0.25) is 9.59 Å². The van der Waals surface area contributed by atoms with E-state index in [4.69, 9.17) is 43.0 Å². The van der Waals surface area contributed by atoms with Crippen LogP contribution in [0.15, 0.2) is 0 Å². The Hall–Kier alpha value is -0.940. The quantitative estimate of drug-likeness (QED) is 0.0456. The highest BCUT2D eigenvalue weighted by Crippen LogP contribution is 1.95. The molecule has 0 rings (SSSR count). The van der Waals surface area contributed by atoms with Crippen LogP contribution in [-0.2, 0) is 52.3 Å². The van der Waals surface area contributed by atoms with Crippen molar-refractivity contribution in [1.82, 2.24) is 0 Å². The molecule has 0 heterocycles. The molecule has 12 nitrogen and oxygen atoms in total. The summed E-state index contributed by atoms with van der Waals surface area (Å²) in [7, 11) is 0. The normalized spacial score (nSPS) is 11.0. The summed E-state index contributed by atoms with van der Waals surface area (Å²) in [5.41, 5.74) is 0. The first kappa shape index (κ1) is 33.1. The molecule has 0 radical (unpaired) electrons. The Balaban J connectivity index is 3.14. The van der Waals surface area contributed by atoms with Gasteiger partial charge in [0.25, 0.3) is 0 Å². The molecule has 13 heteroatoms. The molecule has 0 saturated heterocycles. The number of Topliss-reactive ketones (excluding diaryl/α,β-unsaturated/α-hetero) is 1. The zero-order chi connectivity index (χ0) is 25.1. The van der Waals surface area contributed by atoms with E-state index in [1.165, 1.54) is 0 Å². The molecular weight excluding hydrogens is 571 g/mol. The van der Waals surface area contributed by atoms with Crippen LogP contribution in [0, 0.1) is 0 Å². The van der Waals surface area contributed by atoms with Crippen LogP contribution in [0.2, 0.25) is 0 Å². The molecule has 0 aromatic rings. The van der Waals surface area contributed by atoms with Crippen LogP contribution < -0.4 is 0 Å². The molecule has 0 amide bonds. The van der Waals surface area contributed by atoms with Crippen molar-refractivity contribution in [3.8, 4) is 0 Å². The molecule has 0 aromatic heterocycles. The van der Waals surface area contributed by atoms with E-state index in [0.29, 0.717) is 79.3 Å². The number of aliphatic carboxylic acids is 1. The van der Waals surface area contributed by atoms with Crippen molar-refractivity contribution < 1.29 is 57.4 Å². The molecule has 0 spiro atoms. The molecule has 0 aromatic carbocycles. The van der Waals surface area contributed by atoms with E-state index in [1.807, 2.05) is 0 Å². The topological polar surface area (TPSA) is 145 Å². The zero-order valence-corrected chi connectivity index (χ0v) is 21.7. The van der Waals surface area contributed by atoms with Crippen molar-refractivity contribution in [2.75, 3.05) is 104 Å². The number of hydrogen-bond acceptors (Lipinski definition) is 11. The minimum absolute atomic E-state index is 0.0242. The number of carboxylic acids is 1. The summed E-state index contributed by atoms with van der Waals surface area (Å²) in [5, 5.41) is 8.40. The predicted octanol–water partition coefficient (Wildman–Crippen LogP) is 0.515. The van der Waals surface area contributed by atoms with Gasteiger partial charge in [-0.15, -0.1) is 0 Å². The molecule has 34 heavy (non-hydrogen) atoms. The number of ketones is 1. The summed E-state index contributed by atoms with van der Waals surface area (Å²) in [6, 6.07) is 0. The van der Waals surface area contributed by atoms with Crippen molar-refractivity contribution in [2.24, 2.45) is 0 Å². The van der Waals surface area contributed by atoms with Gasteiger partial charge in [-0.05, 0) is 0 Å². The SMILES string of the molecule is O=C(CCC(=O)C(=O)O)OCCOCCOCCOCCOCCOCCOCCOCCI. The number of ether oxygens (including phenoxy) is 8. The van der Waals surface area contributed by atoms with Gasteiger partial charge in [0, 0.05) is 10.8 Å². The van der Waals surface area contributed by atoms with Crippen LogP contribution in [0.25, 0.3) is 0 Å². The van der Waals surface area contributed by atoms with E-state index < -0.39 is 17.7 Å². The maximum absolute atomic E-state index is 11.3. The van der Waals surface area contributed by atoms with Crippen LogP contribution in [0.4, 0.5) is 0 Å². The number of carbonyl (C=O) groups excluding carboxylic acids is 2. The minimum Gasteiger partial charge on any atom is -0.476 e. The molecule has 0 fully saturated rings. The first-order valence-corrected chi connectivity index (χ1v) is 12.6. The lowest BCUT2D eigenvalue weighted by atomic mass is 10.2. The summed E-state index contributed by atoms with van der Waals surface area (Å²) in [6.07, 6.45) is -0.643. The van der Waals surface area contributed by atoms with Gasteiger partial charge in [0.2, 0.25) is 5.78 Å². The maximum atomic E-state index is 11.3. The van der Waals surface area contributed by atoms with E-state index in [-0.39, 0.29) is 26.1 Å². The molecule has 0 aliphatic carbocycles. The number of halogens is 1. The third-order valence-corrected chi connectivity index (χ3v) is 4.18. The fraction of sp³-hybridized carbons (Fsp3) is 0.857. The lowest BCUT2D eigenvalue weighted by molar-refractivity contribution is -0.151. The maximum Gasteiger partial charge on any atom is 0.372 e. The summed E-state index contributed by atoms with van der Waals surface area (Å²) in [4.78, 5) is 32.5. The van der Waals surface area contributed by atoms with Gasteiger partial charge in [0.15, 0.2) is 0 Å². The Kier molecular flexibility index (Phi) is 25.9. The standard InChI is InChI=1S/C21H37IO12/c22-3-4-27-5-6-28-7-8-29-9-10-30-11-12-31-13-14-32-15-16-33-17-18-34-20(24)2-1-19(23)21(25)26/h1-18H2,(H,25,26). The highest BCUT2D eigenvalue weighted by molar-refractivity contribution is 14.1. The largest absolute Gasteiger partial charge is 0.476 e. The Morgan fingerprint density at radius 2 is 0.824 bits per heavy atom. The number of carbonyl (C=O) groups is 3. The summed E-state index contributed by atoms with van der Waals surface area (Å²) in [5.74, 6) is -3.22. The smallest absolute Gasteiger partial charge is 0.372 e. The minimum atomic E-state index is -1.56. The average molecular weight is 608 g/mol. The van der Waals surface area contributed by atoms with Crippen LogP contribution in [0.1, 0.15) is 12.8 Å². The van der Waals surface area contributed by atoms with Gasteiger partial charge in [-0.25, -0.2) is 4.79 Å². The number of rotatable bonds is 27. The molecule has 0 atom stereocenters. The fourth-order valence-electron chi connectivity index (χ4n) is 2.09. The summed E-state index contributed by atoms with van der Waals surface area (Å²) >= 11 is 2.26. The van der Waals surface area contributed by atoms with Crippen LogP contribution in [-0.4, -0.2) is 126 Å². The highest BCUT2D eigenvalue weighted by atomic mass is 127. The molecule has 0 saturated carbocycles. The Morgan fingerprint density at radius 1 is 0.500 bits per heavy atom. The van der Waals surface area contributed by atoms with Gasteiger partial charge in [-0.2, -0.15) is 0 Å². The van der Waals surface area contributed by atoms with Gasteiger partial charge >= 0.3 is 11.9 Å². The second-order valence-electron chi connectivity index (χ2n) is 6.42. The van der Waals surface area contributed by atoms with E-state index in [9.17, 15) is 14.4 Å². The second-order valence-corrected chi connectivity index (χ2v) is 7.50. The molecular formula is C21H37IO12. The molecule has 200 valence electrons. The van der Waals surface area contributed by atoms with Crippen molar-refractivity contribution in [2.45, 2.75) is 12.8 Å². The van der Waals surface area contributed by atoms with Crippen molar-refractivity contribution in [3.05, 3.63) is 0 Å². The Bertz CT molecular complexity index is 506. The number of hydrogen-bond donors (Lipinski definition) is 1. The summed E-state index contributed by atoms with van der Waals surface area (Å²) in [6.45, 7) is 6.67. The van der Waals surface area contributed by atoms with Crippen molar-refractivity contribution >= 4 is 40.3 Å².